The Kier molecular flexibility index (Phi) is 8.28. The fourth-order valence-corrected chi connectivity index (χ4v) is 5.59. The molecule has 39 heavy (non-hydrogen) atoms. The van der Waals surface area contributed by atoms with E-state index in [-0.39, 0.29) is 35.6 Å². The molecule has 3 atom stereocenters. The number of pyridine rings is 1. The van der Waals surface area contributed by atoms with Gasteiger partial charge in [-0.05, 0) is 60.8 Å². The van der Waals surface area contributed by atoms with Gasteiger partial charge in [-0.1, -0.05) is 32.9 Å². The number of amides is 1. The van der Waals surface area contributed by atoms with E-state index in [4.69, 9.17) is 4.74 Å². The highest BCUT2D eigenvalue weighted by Crippen LogP contribution is 2.48. The number of alkyl halides is 3. The maximum Gasteiger partial charge on any atom is 0.419 e. The first-order valence-corrected chi connectivity index (χ1v) is 13.4. The van der Waals surface area contributed by atoms with E-state index in [0.29, 0.717) is 12.3 Å². The number of hydrogen-bond donors (Lipinski definition) is 3. The average Bonchev–Trinajstić information content (AvgIpc) is 2.78. The number of aliphatic hydroxyl groups excluding tert-OH is 1. The highest BCUT2D eigenvalue weighted by molar-refractivity contribution is 5.73. The molecule has 1 aromatic heterocycles. The largest absolute Gasteiger partial charge is 0.471 e. The fraction of sp³-hybridized carbons (Fsp3) is 0.586. The van der Waals surface area contributed by atoms with Crippen molar-refractivity contribution in [1.29, 1.82) is 0 Å². The molecule has 1 aromatic carbocycles. The monoisotopic (exact) mass is 551 g/mol. The van der Waals surface area contributed by atoms with Crippen molar-refractivity contribution in [2.75, 3.05) is 6.54 Å². The first-order chi connectivity index (χ1) is 18.2. The summed E-state index contributed by atoms with van der Waals surface area (Å²) in [6, 6.07) is 3.90. The van der Waals surface area contributed by atoms with Crippen molar-refractivity contribution in [3.8, 4) is 5.88 Å². The van der Waals surface area contributed by atoms with Crippen LogP contribution >= 0.6 is 0 Å². The predicted octanol–water partition coefficient (Wildman–Crippen LogP) is 5.27. The smallest absolute Gasteiger partial charge is 0.419 e. The van der Waals surface area contributed by atoms with Crippen molar-refractivity contribution >= 4 is 5.91 Å². The normalized spacial score (nSPS) is 20.0. The Hall–Kier alpha value is -2.72. The third-order valence-corrected chi connectivity index (χ3v) is 7.45. The first kappa shape index (κ1) is 29.3. The van der Waals surface area contributed by atoms with Crippen LogP contribution in [0.5, 0.6) is 5.88 Å². The maximum absolute atomic E-state index is 14.1. The van der Waals surface area contributed by atoms with Crippen LogP contribution in [0.4, 0.5) is 17.6 Å². The highest BCUT2D eigenvalue weighted by Gasteiger charge is 2.46. The van der Waals surface area contributed by atoms with Gasteiger partial charge in [-0.3, -0.25) is 4.79 Å². The molecule has 0 unspecified atom stereocenters. The van der Waals surface area contributed by atoms with Crippen LogP contribution in [0.2, 0.25) is 0 Å². The van der Waals surface area contributed by atoms with Gasteiger partial charge in [-0.25, -0.2) is 9.37 Å². The van der Waals surface area contributed by atoms with Crippen molar-refractivity contribution in [3.05, 3.63) is 58.5 Å². The molecule has 1 aliphatic carbocycles. The van der Waals surface area contributed by atoms with Gasteiger partial charge in [0.25, 0.3) is 0 Å². The summed E-state index contributed by atoms with van der Waals surface area (Å²) in [4.78, 5) is 16.5. The molecule has 0 bridgehead atoms. The lowest BCUT2D eigenvalue weighted by atomic mass is 9.73. The van der Waals surface area contributed by atoms with Crippen LogP contribution in [-0.4, -0.2) is 40.3 Å². The lowest BCUT2D eigenvalue weighted by molar-refractivity contribution is -0.140. The van der Waals surface area contributed by atoms with Crippen LogP contribution < -0.4 is 15.4 Å². The number of hydrogen-bond acceptors (Lipinski definition) is 5. The van der Waals surface area contributed by atoms with Gasteiger partial charge in [0.05, 0.1) is 17.7 Å². The number of nitrogens with zero attached hydrogens (tertiary/aromatic N) is 1. The minimum absolute atomic E-state index is 0.00863. The van der Waals surface area contributed by atoms with Gasteiger partial charge in [0, 0.05) is 37.7 Å². The summed E-state index contributed by atoms with van der Waals surface area (Å²) in [6.45, 7) is 7.64. The zero-order valence-electron chi connectivity index (χ0n) is 22.8. The molecule has 1 spiro atoms. The number of ether oxygens (including phenoxy) is 1. The van der Waals surface area contributed by atoms with Gasteiger partial charge >= 0.3 is 6.18 Å². The van der Waals surface area contributed by atoms with Crippen LogP contribution in [-0.2, 0) is 23.8 Å². The van der Waals surface area contributed by atoms with Crippen LogP contribution in [0.3, 0.4) is 0 Å². The molecule has 10 heteroatoms. The zero-order valence-corrected chi connectivity index (χ0v) is 22.8. The van der Waals surface area contributed by atoms with Gasteiger partial charge in [-0.15, -0.1) is 0 Å². The second-order valence-corrected chi connectivity index (χ2v) is 12.1. The number of carbonyl (C=O) groups is 1. The summed E-state index contributed by atoms with van der Waals surface area (Å²) in [6.07, 6.45) is -0.392. The van der Waals surface area contributed by atoms with E-state index in [0.717, 1.165) is 42.9 Å². The van der Waals surface area contributed by atoms with E-state index < -0.39 is 35.6 Å². The summed E-state index contributed by atoms with van der Waals surface area (Å²) < 4.78 is 61.2. The molecule has 1 saturated carbocycles. The summed E-state index contributed by atoms with van der Waals surface area (Å²) in [5.41, 5.74) is -0.0542. The Bertz CT molecular complexity index is 1190. The first-order valence-electron chi connectivity index (χ1n) is 13.4. The lowest BCUT2D eigenvalue weighted by Crippen LogP contribution is -2.52. The van der Waals surface area contributed by atoms with E-state index >= 15 is 0 Å². The molecular formula is C29H37F4N3O3. The van der Waals surface area contributed by atoms with E-state index in [9.17, 15) is 27.5 Å². The van der Waals surface area contributed by atoms with Crippen LogP contribution in [0.25, 0.3) is 0 Å². The molecule has 0 saturated heterocycles. The van der Waals surface area contributed by atoms with Crippen LogP contribution in [0.1, 0.15) is 81.7 Å². The van der Waals surface area contributed by atoms with Crippen LogP contribution in [0.15, 0.2) is 30.5 Å². The molecule has 2 aliphatic rings. The average molecular weight is 552 g/mol. The summed E-state index contributed by atoms with van der Waals surface area (Å²) in [5.74, 6) is -1.35. The number of fused-ring (bicyclic) bond motifs is 1. The van der Waals surface area contributed by atoms with Gasteiger partial charge < -0.3 is 20.5 Å². The Labute approximate surface area is 226 Å². The van der Waals surface area contributed by atoms with Crippen molar-refractivity contribution in [3.63, 3.8) is 0 Å². The molecule has 2 aromatic rings. The van der Waals surface area contributed by atoms with Gasteiger partial charge in [0.2, 0.25) is 11.8 Å². The predicted molar refractivity (Wildman–Crippen MR) is 139 cm³/mol. The SMILES string of the molecule is CC(=O)N[C@@H](Cc1cccc(F)c1C(F)(F)F)[C@H](O)CN[C@H]1CC2(CCC2)Oc2ncc(CC(C)(C)C)cc21. The van der Waals surface area contributed by atoms with Gasteiger partial charge in [0.1, 0.15) is 11.4 Å². The molecule has 214 valence electrons. The summed E-state index contributed by atoms with van der Waals surface area (Å²) in [7, 11) is 0. The number of nitrogens with one attached hydrogen (secondary N) is 2. The van der Waals surface area contributed by atoms with E-state index in [1.165, 1.54) is 19.1 Å². The van der Waals surface area contributed by atoms with E-state index in [1.54, 1.807) is 0 Å². The van der Waals surface area contributed by atoms with Crippen molar-refractivity contribution in [1.82, 2.24) is 15.6 Å². The molecule has 1 aliphatic heterocycles. The molecular weight excluding hydrogens is 514 g/mol. The Morgan fingerprint density at radius 2 is 1.97 bits per heavy atom. The molecule has 4 rings (SSSR count). The number of rotatable bonds is 8. The Morgan fingerprint density at radius 3 is 2.56 bits per heavy atom. The van der Waals surface area contributed by atoms with Gasteiger partial charge in [-0.2, -0.15) is 13.2 Å². The molecule has 0 radical (unpaired) electrons. The molecule has 2 heterocycles. The van der Waals surface area contributed by atoms with E-state index in [2.05, 4.69) is 42.5 Å². The van der Waals surface area contributed by atoms with Crippen molar-refractivity contribution in [2.24, 2.45) is 5.41 Å². The maximum atomic E-state index is 14.1. The molecule has 1 amide bonds. The Balaban J connectivity index is 1.55. The van der Waals surface area contributed by atoms with Crippen molar-refractivity contribution < 1.29 is 32.2 Å². The number of halogens is 4. The zero-order chi connectivity index (χ0) is 28.6. The van der Waals surface area contributed by atoms with E-state index in [1.807, 2.05) is 6.20 Å². The van der Waals surface area contributed by atoms with Gasteiger partial charge in [0.15, 0.2) is 0 Å². The number of aromatic nitrogens is 1. The standard InChI is InChI=1S/C29H37F4N3O3/c1-17(37)36-22(12-19-7-5-8-21(30)25(19)29(31,32)33)24(38)16-34-23-14-28(9-6-10-28)39-26-20(23)11-18(15-35-26)13-27(2,3)4/h5,7-8,11,15,22-24,34,38H,6,9-10,12-14,16H2,1-4H3,(H,36,37)/t22-,23-,24+/m0/s1. The second-order valence-electron chi connectivity index (χ2n) is 12.1. The molecule has 6 nitrogen and oxygen atoms in total. The topological polar surface area (TPSA) is 83.5 Å². The third-order valence-electron chi connectivity index (χ3n) is 7.45. The van der Waals surface area contributed by atoms with Crippen molar-refractivity contribution in [2.45, 2.75) is 96.2 Å². The minimum atomic E-state index is -4.91. The number of benzene rings is 1. The number of aliphatic hydroxyl groups is 1. The quantitative estimate of drug-likeness (QED) is 0.390. The molecule has 1 fully saturated rings. The third kappa shape index (κ3) is 7.08. The summed E-state index contributed by atoms with van der Waals surface area (Å²) >= 11 is 0. The minimum Gasteiger partial charge on any atom is -0.471 e. The summed E-state index contributed by atoms with van der Waals surface area (Å²) in [5, 5.41) is 17.0. The second kappa shape index (κ2) is 11.0. The highest BCUT2D eigenvalue weighted by atomic mass is 19.4. The number of carbonyl (C=O) groups excluding carboxylic acids is 1. The lowest BCUT2D eigenvalue weighted by Gasteiger charge is -2.47. The Morgan fingerprint density at radius 1 is 1.26 bits per heavy atom. The van der Waals surface area contributed by atoms with Crippen LogP contribution in [0, 0.1) is 11.2 Å². The molecule has 3 N–H and O–H groups in total. The fourth-order valence-electron chi connectivity index (χ4n) is 5.59.